The van der Waals surface area contributed by atoms with Crippen molar-refractivity contribution in [3.8, 4) is 0 Å². The second kappa shape index (κ2) is 62.0. The van der Waals surface area contributed by atoms with Gasteiger partial charge in [-0.15, -0.1) is 0 Å². The third kappa shape index (κ3) is 66.5. The van der Waals surface area contributed by atoms with Gasteiger partial charge in [0.25, 0.3) is 0 Å². The van der Waals surface area contributed by atoms with E-state index in [1.165, 1.54) is 212 Å². The summed E-state index contributed by atoms with van der Waals surface area (Å²) >= 11 is 0. The molecule has 0 saturated heterocycles. The summed E-state index contributed by atoms with van der Waals surface area (Å²) in [6.07, 6.45) is 83.0. The standard InChI is InChI=1S/C71H130NO8P/c1-6-8-10-12-14-16-18-20-22-24-25-26-27-28-29-30-31-32-33-34-35-36-37-38-39-40-41-42-43-44-45-46-47-48-50-52-54-56-58-60-62-64-71(74)80-69(68-79-81(75,76)78-66-65-72(3,4)5)67-77-70(73)63-61-59-57-55-53-51-49-23-21-19-17-15-13-11-9-7-2/h8,10,14,16,20,22,25-26,28-29,31-32,69H,6-7,9,11-13,15,17-19,21,23-24,27,30,33-68H2,1-5H3/p+1/b10-8-,16-14-,22-20-,26-25-,29-28-,32-31-. The van der Waals surface area contributed by atoms with Crippen LogP contribution in [0.2, 0.25) is 0 Å². The molecule has 10 heteroatoms. The number of unbranched alkanes of at least 4 members (excludes halogenated alkanes) is 37. The molecule has 0 aromatic rings. The maximum Gasteiger partial charge on any atom is 0.472 e. The summed E-state index contributed by atoms with van der Waals surface area (Å²) in [7, 11) is 1.49. The van der Waals surface area contributed by atoms with Gasteiger partial charge in [0.05, 0.1) is 27.7 Å². The molecule has 0 aromatic carbocycles. The molecule has 0 aliphatic rings. The van der Waals surface area contributed by atoms with Crippen molar-refractivity contribution in [3.63, 3.8) is 0 Å². The first-order valence-electron chi connectivity index (χ1n) is 34.2. The van der Waals surface area contributed by atoms with Crippen LogP contribution in [0.3, 0.4) is 0 Å². The Morgan fingerprint density at radius 3 is 1.05 bits per heavy atom. The van der Waals surface area contributed by atoms with E-state index in [1.54, 1.807) is 0 Å². The normalized spacial score (nSPS) is 13.6. The van der Waals surface area contributed by atoms with Crippen molar-refractivity contribution in [2.75, 3.05) is 47.5 Å². The SMILES string of the molecule is CC/C=C\C/C=C\C/C=C\C/C=C\C/C=C\C/C=C\CCCCCCCCCCCCCCCCCCCCCCCCC(=O)OC(COC(=O)CCCCCCCCCCCCCCCCCC)COP(=O)(O)OCC[N+](C)(C)C. The zero-order valence-electron chi connectivity index (χ0n) is 53.8. The van der Waals surface area contributed by atoms with E-state index in [1.807, 2.05) is 21.1 Å². The molecule has 9 nitrogen and oxygen atoms in total. The van der Waals surface area contributed by atoms with Gasteiger partial charge >= 0.3 is 19.8 Å². The average molecular weight is 1160 g/mol. The maximum atomic E-state index is 12.9. The van der Waals surface area contributed by atoms with Crippen LogP contribution in [0.15, 0.2) is 72.9 Å². The lowest BCUT2D eigenvalue weighted by molar-refractivity contribution is -0.870. The quantitative estimate of drug-likeness (QED) is 0.0211. The minimum atomic E-state index is -4.39. The summed E-state index contributed by atoms with van der Waals surface area (Å²) in [6.45, 7) is 4.36. The molecule has 1 N–H and O–H groups in total. The molecule has 0 saturated carbocycles. The minimum absolute atomic E-state index is 0.0338. The van der Waals surface area contributed by atoms with Crippen molar-refractivity contribution < 1.29 is 42.1 Å². The van der Waals surface area contributed by atoms with Gasteiger partial charge in [0.15, 0.2) is 6.10 Å². The zero-order chi connectivity index (χ0) is 59.1. The highest BCUT2D eigenvalue weighted by Gasteiger charge is 2.27. The van der Waals surface area contributed by atoms with Gasteiger partial charge in [-0.2, -0.15) is 0 Å². The molecule has 2 unspecified atom stereocenters. The third-order valence-electron chi connectivity index (χ3n) is 15.0. The van der Waals surface area contributed by atoms with E-state index in [-0.39, 0.29) is 25.6 Å². The highest BCUT2D eigenvalue weighted by molar-refractivity contribution is 7.47. The first kappa shape index (κ1) is 78.5. The molecular formula is C71H131NO8P+. The van der Waals surface area contributed by atoms with Crippen LogP contribution >= 0.6 is 7.82 Å². The van der Waals surface area contributed by atoms with E-state index in [4.69, 9.17) is 18.5 Å². The number of likely N-dealkylation sites (N-methyl/N-ethyl adjacent to an activating group) is 1. The minimum Gasteiger partial charge on any atom is -0.462 e. The van der Waals surface area contributed by atoms with E-state index in [9.17, 15) is 19.0 Å². The lowest BCUT2D eigenvalue weighted by atomic mass is 10.0. The summed E-state index contributed by atoms with van der Waals surface area (Å²) in [5.41, 5.74) is 0. The molecule has 81 heavy (non-hydrogen) atoms. The maximum absolute atomic E-state index is 12.9. The Balaban J connectivity index is 3.90. The molecule has 0 fully saturated rings. The average Bonchev–Trinajstić information content (AvgIpc) is 3.43. The van der Waals surface area contributed by atoms with Crippen LogP contribution in [-0.2, 0) is 32.7 Å². The lowest BCUT2D eigenvalue weighted by Gasteiger charge is -2.24. The smallest absolute Gasteiger partial charge is 0.462 e. The molecule has 0 aromatic heterocycles. The molecule has 0 amide bonds. The van der Waals surface area contributed by atoms with E-state index < -0.39 is 26.5 Å². The lowest BCUT2D eigenvalue weighted by Crippen LogP contribution is -2.37. The third-order valence-corrected chi connectivity index (χ3v) is 16.0. The van der Waals surface area contributed by atoms with Crippen LogP contribution < -0.4 is 0 Å². The molecule has 0 radical (unpaired) electrons. The summed E-state index contributed by atoms with van der Waals surface area (Å²) in [6, 6.07) is 0. The number of hydrogen-bond acceptors (Lipinski definition) is 7. The van der Waals surface area contributed by atoms with Crippen LogP contribution in [0.1, 0.15) is 316 Å². The fourth-order valence-electron chi connectivity index (χ4n) is 9.79. The Kier molecular flexibility index (Phi) is 60.0. The summed E-state index contributed by atoms with van der Waals surface area (Å²) in [5, 5.41) is 0. The predicted octanol–water partition coefficient (Wildman–Crippen LogP) is 22.0. The first-order chi connectivity index (χ1) is 39.5. The number of phosphoric acid groups is 1. The molecular weight excluding hydrogens is 1030 g/mol. The molecule has 0 aliphatic carbocycles. The van der Waals surface area contributed by atoms with Gasteiger partial charge in [-0.1, -0.05) is 311 Å². The topological polar surface area (TPSA) is 108 Å². The van der Waals surface area contributed by atoms with Crippen LogP contribution in [0.5, 0.6) is 0 Å². The highest BCUT2D eigenvalue weighted by Crippen LogP contribution is 2.43. The van der Waals surface area contributed by atoms with Crippen molar-refractivity contribution in [1.82, 2.24) is 0 Å². The van der Waals surface area contributed by atoms with Crippen molar-refractivity contribution in [2.24, 2.45) is 0 Å². The fraction of sp³-hybridized carbons (Fsp3) is 0.803. The second-order valence-corrected chi connectivity index (χ2v) is 25.6. The summed E-state index contributed by atoms with van der Waals surface area (Å²) < 4.78 is 34.7. The van der Waals surface area contributed by atoms with E-state index >= 15 is 0 Å². The Morgan fingerprint density at radius 2 is 0.704 bits per heavy atom. The Labute approximate surface area is 501 Å². The van der Waals surface area contributed by atoms with Gasteiger partial charge in [-0.25, -0.2) is 4.57 Å². The molecule has 0 heterocycles. The number of allylic oxidation sites excluding steroid dienone is 12. The first-order valence-corrected chi connectivity index (χ1v) is 35.7. The molecule has 0 aliphatic heterocycles. The van der Waals surface area contributed by atoms with Crippen LogP contribution in [0, 0.1) is 0 Å². The molecule has 0 bridgehead atoms. The molecule has 0 spiro atoms. The number of carbonyl (C=O) groups excluding carboxylic acids is 2. The van der Waals surface area contributed by atoms with Crippen molar-refractivity contribution in [2.45, 2.75) is 322 Å². The van der Waals surface area contributed by atoms with Gasteiger partial charge in [0.1, 0.15) is 19.8 Å². The monoisotopic (exact) mass is 1160 g/mol. The van der Waals surface area contributed by atoms with Crippen LogP contribution in [0.25, 0.3) is 0 Å². The number of rotatable bonds is 63. The summed E-state index contributed by atoms with van der Waals surface area (Å²) in [4.78, 5) is 35.8. The van der Waals surface area contributed by atoms with Gasteiger partial charge in [-0.3, -0.25) is 18.6 Å². The van der Waals surface area contributed by atoms with Crippen molar-refractivity contribution in [3.05, 3.63) is 72.9 Å². The highest BCUT2D eigenvalue weighted by atomic mass is 31.2. The number of ether oxygens (including phenoxy) is 2. The second-order valence-electron chi connectivity index (χ2n) is 24.2. The predicted molar refractivity (Wildman–Crippen MR) is 349 cm³/mol. The number of nitrogens with zero attached hydrogens (tertiary/aromatic N) is 1. The Hall–Kier alpha value is -2.55. The van der Waals surface area contributed by atoms with Gasteiger partial charge in [0, 0.05) is 12.8 Å². The number of hydrogen-bond donors (Lipinski definition) is 1. The van der Waals surface area contributed by atoms with Gasteiger partial charge < -0.3 is 18.9 Å². The number of quaternary nitrogens is 1. The van der Waals surface area contributed by atoms with Crippen molar-refractivity contribution >= 4 is 19.8 Å². The largest absolute Gasteiger partial charge is 0.472 e. The Bertz CT molecular complexity index is 1600. The summed E-state index contributed by atoms with van der Waals surface area (Å²) in [5.74, 6) is -0.780. The molecule has 0 rings (SSSR count). The molecule has 472 valence electrons. The zero-order valence-corrected chi connectivity index (χ0v) is 54.7. The van der Waals surface area contributed by atoms with E-state index in [2.05, 4.69) is 86.8 Å². The fourth-order valence-corrected chi connectivity index (χ4v) is 10.5. The number of esters is 2. The Morgan fingerprint density at radius 1 is 0.395 bits per heavy atom. The van der Waals surface area contributed by atoms with Crippen molar-refractivity contribution in [1.29, 1.82) is 0 Å². The molecule has 2 atom stereocenters. The van der Waals surface area contributed by atoms with Gasteiger partial charge in [0.2, 0.25) is 0 Å². The van der Waals surface area contributed by atoms with E-state index in [0.29, 0.717) is 23.9 Å². The van der Waals surface area contributed by atoms with Crippen LogP contribution in [-0.4, -0.2) is 74.9 Å². The number of carbonyl (C=O) groups is 2. The van der Waals surface area contributed by atoms with Crippen LogP contribution in [0.4, 0.5) is 0 Å². The number of phosphoric ester groups is 1. The van der Waals surface area contributed by atoms with Gasteiger partial charge in [-0.05, 0) is 64.2 Å². The van der Waals surface area contributed by atoms with E-state index in [0.717, 1.165) is 70.6 Å².